The predicted molar refractivity (Wildman–Crippen MR) is 104 cm³/mol. The van der Waals surface area contributed by atoms with E-state index in [1.165, 1.54) is 23.6 Å². The summed E-state index contributed by atoms with van der Waals surface area (Å²) >= 11 is 1.39. The highest BCUT2D eigenvalue weighted by atomic mass is 32.1. The molecular weight excluding hydrogens is 382 g/mol. The lowest BCUT2D eigenvalue weighted by Gasteiger charge is -2.15. The van der Waals surface area contributed by atoms with Crippen molar-refractivity contribution in [3.05, 3.63) is 34.0 Å². The Hall–Kier alpha value is -2.68. The molecule has 0 saturated carbocycles. The van der Waals surface area contributed by atoms with Crippen molar-refractivity contribution < 1.29 is 24.2 Å². The Morgan fingerprint density at radius 3 is 2.82 bits per heavy atom. The number of fused-ring (bicyclic) bond motifs is 1. The van der Waals surface area contributed by atoms with E-state index in [-0.39, 0.29) is 11.8 Å². The number of hydrogen-bond donors (Lipinski definition) is 2. The average molecular weight is 405 g/mol. The number of aryl methyl sites for hydroxylation is 1. The van der Waals surface area contributed by atoms with Crippen LogP contribution in [0, 0.1) is 0 Å². The summed E-state index contributed by atoms with van der Waals surface area (Å²) in [5, 5.41) is 16.1. The fourth-order valence-electron chi connectivity index (χ4n) is 3.14. The third kappa shape index (κ3) is 4.24. The number of aliphatic carboxylic acids is 1. The summed E-state index contributed by atoms with van der Waals surface area (Å²) in [4.78, 5) is 37.6. The van der Waals surface area contributed by atoms with Crippen molar-refractivity contribution in [1.82, 2.24) is 9.78 Å². The molecule has 1 atom stereocenters. The van der Waals surface area contributed by atoms with Gasteiger partial charge in [0.25, 0.3) is 5.91 Å². The van der Waals surface area contributed by atoms with Crippen LogP contribution >= 0.6 is 11.3 Å². The van der Waals surface area contributed by atoms with E-state index in [0.29, 0.717) is 17.0 Å². The van der Waals surface area contributed by atoms with E-state index < -0.39 is 24.4 Å². The molecule has 2 N–H and O–H groups in total. The first-order valence-corrected chi connectivity index (χ1v) is 10.1. The largest absolute Gasteiger partial charge is 0.480 e. The smallest absolute Gasteiger partial charge is 0.341 e. The summed E-state index contributed by atoms with van der Waals surface area (Å²) in [6, 6.07) is 1.45. The van der Waals surface area contributed by atoms with Gasteiger partial charge in [-0.25, -0.2) is 9.48 Å². The van der Waals surface area contributed by atoms with E-state index >= 15 is 0 Å². The quantitative estimate of drug-likeness (QED) is 0.685. The number of rotatable bonds is 7. The van der Waals surface area contributed by atoms with Gasteiger partial charge in [-0.2, -0.15) is 5.10 Å². The zero-order chi connectivity index (χ0) is 20.3. The maximum atomic E-state index is 12.8. The summed E-state index contributed by atoms with van der Waals surface area (Å²) in [6.45, 7) is 3.35. The molecule has 0 aliphatic heterocycles. The van der Waals surface area contributed by atoms with Crippen molar-refractivity contribution in [2.24, 2.45) is 0 Å². The highest BCUT2D eigenvalue weighted by Crippen LogP contribution is 2.39. The summed E-state index contributed by atoms with van der Waals surface area (Å²) < 4.78 is 6.63. The Balaban J connectivity index is 1.90. The number of carboxylic acids is 1. The lowest BCUT2D eigenvalue weighted by Crippen LogP contribution is -2.22. The molecule has 150 valence electrons. The highest BCUT2D eigenvalue weighted by Gasteiger charge is 2.29. The van der Waals surface area contributed by atoms with Gasteiger partial charge < -0.3 is 15.2 Å². The van der Waals surface area contributed by atoms with Gasteiger partial charge in [-0.05, 0) is 50.7 Å². The second-order valence-corrected chi connectivity index (χ2v) is 7.87. The summed E-state index contributed by atoms with van der Waals surface area (Å²) in [7, 11) is 0. The first-order chi connectivity index (χ1) is 13.4. The minimum absolute atomic E-state index is 0.120. The highest BCUT2D eigenvalue weighted by molar-refractivity contribution is 7.17. The number of carbonyl (C=O) groups is 3. The first-order valence-electron chi connectivity index (χ1n) is 9.31. The topological polar surface area (TPSA) is 111 Å². The van der Waals surface area contributed by atoms with Crippen molar-refractivity contribution in [2.75, 3.05) is 5.32 Å². The number of nitrogens with zero attached hydrogens (tertiary/aromatic N) is 2. The molecule has 3 rings (SSSR count). The predicted octanol–water partition coefficient (Wildman–Crippen LogP) is 3.12. The van der Waals surface area contributed by atoms with Gasteiger partial charge >= 0.3 is 11.9 Å². The number of ether oxygens (including phenoxy) is 1. The van der Waals surface area contributed by atoms with Crippen LogP contribution in [0.3, 0.4) is 0 Å². The molecule has 0 saturated heterocycles. The van der Waals surface area contributed by atoms with Crippen LogP contribution in [0.1, 0.15) is 64.4 Å². The third-order valence-corrected chi connectivity index (χ3v) is 5.93. The number of amides is 1. The number of thiophene rings is 1. The molecule has 1 amide bonds. The van der Waals surface area contributed by atoms with E-state index in [0.717, 1.165) is 40.8 Å². The van der Waals surface area contributed by atoms with Crippen LogP contribution in [-0.4, -0.2) is 38.8 Å². The summed E-state index contributed by atoms with van der Waals surface area (Å²) in [5.41, 5.74) is 1.51. The zero-order valence-corrected chi connectivity index (χ0v) is 16.7. The van der Waals surface area contributed by atoms with Crippen LogP contribution in [0.4, 0.5) is 5.00 Å². The van der Waals surface area contributed by atoms with Crippen LogP contribution < -0.4 is 5.32 Å². The van der Waals surface area contributed by atoms with Crippen molar-refractivity contribution in [3.8, 4) is 0 Å². The fourth-order valence-corrected chi connectivity index (χ4v) is 4.41. The molecule has 0 radical (unpaired) electrons. The van der Waals surface area contributed by atoms with Gasteiger partial charge in [0.1, 0.15) is 17.2 Å². The van der Waals surface area contributed by atoms with E-state index in [1.54, 1.807) is 0 Å². The number of hydrogen-bond acceptors (Lipinski definition) is 6. The molecule has 0 bridgehead atoms. The lowest BCUT2D eigenvalue weighted by molar-refractivity contribution is -0.137. The number of anilines is 1. The SMILES string of the molecule is CCC(C)OC(=O)c1c(NC(=O)c2ccnn2CC(=O)O)sc2c1CCCC2. The Bertz CT molecular complexity index is 902. The van der Waals surface area contributed by atoms with Gasteiger partial charge in [0.05, 0.1) is 11.7 Å². The monoisotopic (exact) mass is 405 g/mol. The van der Waals surface area contributed by atoms with Crippen LogP contribution in [0.15, 0.2) is 12.3 Å². The summed E-state index contributed by atoms with van der Waals surface area (Å²) in [6.07, 6.45) is 5.55. The molecule has 0 spiro atoms. The van der Waals surface area contributed by atoms with Gasteiger partial charge in [0.2, 0.25) is 0 Å². The van der Waals surface area contributed by atoms with Gasteiger partial charge in [0, 0.05) is 11.1 Å². The Morgan fingerprint density at radius 1 is 1.36 bits per heavy atom. The molecule has 9 heteroatoms. The maximum Gasteiger partial charge on any atom is 0.341 e. The number of carbonyl (C=O) groups excluding carboxylic acids is 2. The summed E-state index contributed by atoms with van der Waals surface area (Å²) in [5.74, 6) is -2.03. The standard InChI is InChI=1S/C19H23N3O5S/c1-3-11(2)27-19(26)16-12-6-4-5-7-14(12)28-18(16)21-17(25)13-8-9-20-22(13)10-15(23)24/h8-9,11H,3-7,10H2,1-2H3,(H,21,25)(H,23,24). The maximum absolute atomic E-state index is 12.8. The average Bonchev–Trinajstić information content (AvgIpc) is 3.24. The molecule has 2 aromatic rings. The number of esters is 1. The molecule has 1 aliphatic rings. The molecular formula is C19H23N3O5S. The van der Waals surface area contributed by atoms with Crippen molar-refractivity contribution >= 4 is 34.2 Å². The van der Waals surface area contributed by atoms with E-state index in [2.05, 4.69) is 10.4 Å². The zero-order valence-electron chi connectivity index (χ0n) is 15.9. The number of nitrogens with one attached hydrogen (secondary N) is 1. The second kappa shape index (κ2) is 8.55. The fraction of sp³-hybridized carbons (Fsp3) is 0.474. The normalized spacial score (nSPS) is 14.2. The van der Waals surface area contributed by atoms with Gasteiger partial charge in [0.15, 0.2) is 0 Å². The van der Waals surface area contributed by atoms with E-state index in [9.17, 15) is 14.4 Å². The molecule has 8 nitrogen and oxygen atoms in total. The van der Waals surface area contributed by atoms with E-state index in [4.69, 9.17) is 9.84 Å². The number of carboxylic acid groups (broad SMARTS) is 1. The van der Waals surface area contributed by atoms with Crippen molar-refractivity contribution in [2.45, 2.75) is 58.6 Å². The molecule has 2 heterocycles. The van der Waals surface area contributed by atoms with Crippen LogP contribution in [0.2, 0.25) is 0 Å². The Labute approximate surface area is 166 Å². The van der Waals surface area contributed by atoms with Crippen molar-refractivity contribution in [1.29, 1.82) is 0 Å². The molecule has 0 fully saturated rings. The molecule has 2 aromatic heterocycles. The van der Waals surface area contributed by atoms with Crippen LogP contribution in [0.5, 0.6) is 0 Å². The van der Waals surface area contributed by atoms with Gasteiger partial charge in [-0.3, -0.25) is 9.59 Å². The minimum Gasteiger partial charge on any atom is -0.480 e. The Morgan fingerprint density at radius 2 is 2.11 bits per heavy atom. The number of aromatic nitrogens is 2. The van der Waals surface area contributed by atoms with Crippen LogP contribution in [0.25, 0.3) is 0 Å². The molecule has 28 heavy (non-hydrogen) atoms. The molecule has 1 aliphatic carbocycles. The Kier molecular flexibility index (Phi) is 6.13. The van der Waals surface area contributed by atoms with Gasteiger partial charge in [-0.15, -0.1) is 11.3 Å². The van der Waals surface area contributed by atoms with Gasteiger partial charge in [-0.1, -0.05) is 6.92 Å². The first kappa shape index (κ1) is 20.1. The minimum atomic E-state index is -1.10. The van der Waals surface area contributed by atoms with Crippen molar-refractivity contribution in [3.63, 3.8) is 0 Å². The molecule has 0 aromatic carbocycles. The third-order valence-electron chi connectivity index (χ3n) is 4.72. The second-order valence-electron chi connectivity index (χ2n) is 6.76. The van der Waals surface area contributed by atoms with Crippen LogP contribution in [-0.2, 0) is 28.9 Å². The molecule has 1 unspecified atom stereocenters. The van der Waals surface area contributed by atoms with E-state index in [1.807, 2.05) is 13.8 Å². The lowest BCUT2D eigenvalue weighted by atomic mass is 9.95.